The van der Waals surface area contributed by atoms with Crippen LogP contribution < -0.4 is 10.1 Å². The molecule has 1 aromatic heterocycles. The molecule has 0 bridgehead atoms. The van der Waals surface area contributed by atoms with E-state index >= 15 is 0 Å². The molecule has 0 spiro atoms. The van der Waals surface area contributed by atoms with Crippen LogP contribution in [0, 0.1) is 13.8 Å². The summed E-state index contributed by atoms with van der Waals surface area (Å²) in [7, 11) is 1.87. The molecule has 0 aliphatic carbocycles. The summed E-state index contributed by atoms with van der Waals surface area (Å²) in [6.45, 7) is 6.50. The quantitative estimate of drug-likeness (QED) is 0.448. The lowest BCUT2D eigenvalue weighted by molar-refractivity contribution is -0.113. The fraction of sp³-hybridized carbons (Fsp3) is 0.318. The molecule has 0 saturated carbocycles. The maximum absolute atomic E-state index is 12.4. The van der Waals surface area contributed by atoms with Gasteiger partial charge in [0.05, 0.1) is 11.4 Å². The third-order valence-corrected chi connectivity index (χ3v) is 6.49. The van der Waals surface area contributed by atoms with Crippen molar-refractivity contribution in [1.82, 2.24) is 14.8 Å². The number of benzene rings is 2. The highest BCUT2D eigenvalue weighted by Gasteiger charge is 2.13. The van der Waals surface area contributed by atoms with Gasteiger partial charge in [-0.15, -0.1) is 10.2 Å². The summed E-state index contributed by atoms with van der Waals surface area (Å²) in [5.41, 5.74) is 4.34. The van der Waals surface area contributed by atoms with E-state index in [-0.39, 0.29) is 11.7 Å². The van der Waals surface area contributed by atoms with Crippen molar-refractivity contribution in [3.8, 4) is 5.75 Å². The number of carbonyl (C=O) groups excluding carboxylic acids is 1. The van der Waals surface area contributed by atoms with Gasteiger partial charge in [-0.1, -0.05) is 30.8 Å². The zero-order valence-corrected chi connectivity index (χ0v) is 19.9. The van der Waals surface area contributed by atoms with E-state index in [1.165, 1.54) is 22.9 Å². The van der Waals surface area contributed by atoms with Crippen LogP contribution in [-0.4, -0.2) is 26.4 Å². The van der Waals surface area contributed by atoms with E-state index in [4.69, 9.17) is 4.74 Å². The van der Waals surface area contributed by atoms with Gasteiger partial charge in [0.15, 0.2) is 11.0 Å². The highest BCUT2D eigenvalue weighted by Crippen LogP contribution is 2.26. The van der Waals surface area contributed by atoms with E-state index < -0.39 is 0 Å². The molecule has 158 valence electrons. The van der Waals surface area contributed by atoms with Crippen molar-refractivity contribution < 1.29 is 9.53 Å². The average molecular weight is 489 g/mol. The predicted molar refractivity (Wildman–Crippen MR) is 124 cm³/mol. The van der Waals surface area contributed by atoms with Crippen molar-refractivity contribution in [2.75, 3.05) is 11.1 Å². The maximum atomic E-state index is 12.4. The molecule has 0 atom stereocenters. The van der Waals surface area contributed by atoms with Crippen LogP contribution in [0.3, 0.4) is 0 Å². The van der Waals surface area contributed by atoms with Crippen LogP contribution in [-0.2, 0) is 24.9 Å². The molecule has 0 aliphatic rings. The Morgan fingerprint density at radius 2 is 1.87 bits per heavy atom. The van der Waals surface area contributed by atoms with E-state index in [2.05, 4.69) is 50.5 Å². The van der Waals surface area contributed by atoms with Crippen LogP contribution in [0.1, 0.15) is 29.4 Å². The highest BCUT2D eigenvalue weighted by molar-refractivity contribution is 9.10. The molecule has 1 N–H and O–H groups in total. The summed E-state index contributed by atoms with van der Waals surface area (Å²) in [6, 6.07) is 12.0. The van der Waals surface area contributed by atoms with E-state index in [1.54, 1.807) is 0 Å². The Labute approximate surface area is 189 Å². The van der Waals surface area contributed by atoms with Crippen LogP contribution in [0.25, 0.3) is 0 Å². The number of hydrogen-bond donors (Lipinski definition) is 1. The molecule has 2 aromatic carbocycles. The monoisotopic (exact) mass is 488 g/mol. The number of ether oxygens (including phenoxy) is 1. The molecule has 6 nitrogen and oxygen atoms in total. The minimum Gasteiger partial charge on any atom is -0.486 e. The first-order chi connectivity index (χ1) is 14.4. The first kappa shape index (κ1) is 22.4. The number of rotatable bonds is 8. The van der Waals surface area contributed by atoms with E-state index in [9.17, 15) is 4.79 Å². The Hall–Kier alpha value is -2.32. The van der Waals surface area contributed by atoms with Crippen LogP contribution in [0.15, 0.2) is 46.0 Å². The number of carbonyl (C=O) groups is 1. The molecule has 1 amide bonds. The fourth-order valence-corrected chi connectivity index (χ4v) is 4.05. The van der Waals surface area contributed by atoms with Crippen LogP contribution >= 0.6 is 27.7 Å². The van der Waals surface area contributed by atoms with Gasteiger partial charge in [-0.05, 0) is 77.2 Å². The molecule has 3 rings (SSSR count). The topological polar surface area (TPSA) is 69.0 Å². The molecule has 0 unspecified atom stereocenters. The molecule has 3 aromatic rings. The summed E-state index contributed by atoms with van der Waals surface area (Å²) < 4.78 is 8.53. The van der Waals surface area contributed by atoms with Gasteiger partial charge in [-0.2, -0.15) is 0 Å². The molecule has 0 radical (unpaired) electrons. The first-order valence-corrected chi connectivity index (χ1v) is 11.4. The van der Waals surface area contributed by atoms with Gasteiger partial charge in [0.25, 0.3) is 0 Å². The largest absolute Gasteiger partial charge is 0.486 e. The highest BCUT2D eigenvalue weighted by atomic mass is 79.9. The van der Waals surface area contributed by atoms with E-state index in [0.29, 0.717) is 17.6 Å². The number of thioether (sulfide) groups is 1. The lowest BCUT2D eigenvalue weighted by Gasteiger charge is -2.10. The van der Waals surface area contributed by atoms with Crippen molar-refractivity contribution in [1.29, 1.82) is 0 Å². The van der Waals surface area contributed by atoms with Crippen molar-refractivity contribution >= 4 is 39.3 Å². The molecule has 30 heavy (non-hydrogen) atoms. The zero-order valence-electron chi connectivity index (χ0n) is 17.5. The number of nitrogens with zero attached hydrogens (tertiary/aromatic N) is 3. The molecule has 0 fully saturated rings. The Morgan fingerprint density at radius 3 is 2.57 bits per heavy atom. The van der Waals surface area contributed by atoms with Gasteiger partial charge < -0.3 is 14.6 Å². The van der Waals surface area contributed by atoms with Crippen molar-refractivity contribution in [2.45, 2.75) is 39.0 Å². The summed E-state index contributed by atoms with van der Waals surface area (Å²) in [5, 5.41) is 12.0. The Kier molecular flexibility index (Phi) is 7.55. The number of nitrogens with one attached hydrogen (secondary N) is 1. The van der Waals surface area contributed by atoms with E-state index in [0.717, 1.165) is 27.9 Å². The van der Waals surface area contributed by atoms with E-state index in [1.807, 2.05) is 49.7 Å². The number of aryl methyl sites for hydroxylation is 3. The SMILES string of the molecule is CCc1ccc(OCc2nnc(SCC(=O)Nc3cc(C)c(C)cc3Br)n2C)cc1. The molecule has 1 heterocycles. The molecule has 8 heteroatoms. The van der Waals surface area contributed by atoms with Crippen molar-refractivity contribution in [3.63, 3.8) is 0 Å². The summed E-state index contributed by atoms with van der Waals surface area (Å²) in [5.74, 6) is 1.64. The lowest BCUT2D eigenvalue weighted by atomic mass is 10.1. The molecular formula is C22H25BrN4O2S. The number of anilines is 1. The van der Waals surface area contributed by atoms with Gasteiger partial charge in [0.2, 0.25) is 5.91 Å². The van der Waals surface area contributed by atoms with Crippen LogP contribution in [0.5, 0.6) is 5.75 Å². The minimum absolute atomic E-state index is 0.0965. The Balaban J connectivity index is 1.54. The van der Waals surface area contributed by atoms with Crippen LogP contribution in [0.2, 0.25) is 0 Å². The minimum atomic E-state index is -0.0965. The lowest BCUT2D eigenvalue weighted by Crippen LogP contribution is -2.15. The second-order valence-corrected chi connectivity index (χ2v) is 8.79. The van der Waals surface area contributed by atoms with Crippen molar-refractivity contribution in [2.24, 2.45) is 7.05 Å². The number of amides is 1. The summed E-state index contributed by atoms with van der Waals surface area (Å²) >= 11 is 4.84. The van der Waals surface area contributed by atoms with Crippen molar-refractivity contribution in [3.05, 3.63) is 63.4 Å². The van der Waals surface area contributed by atoms with Gasteiger partial charge >= 0.3 is 0 Å². The first-order valence-electron chi connectivity index (χ1n) is 9.66. The maximum Gasteiger partial charge on any atom is 0.234 e. The normalized spacial score (nSPS) is 10.8. The molecule has 0 saturated heterocycles. The second-order valence-electron chi connectivity index (χ2n) is 7.00. The van der Waals surface area contributed by atoms with Gasteiger partial charge in [-0.3, -0.25) is 4.79 Å². The summed E-state index contributed by atoms with van der Waals surface area (Å²) in [6.07, 6.45) is 0.998. The van der Waals surface area contributed by atoms with Gasteiger partial charge in [0.1, 0.15) is 12.4 Å². The van der Waals surface area contributed by atoms with Gasteiger partial charge in [0, 0.05) is 11.5 Å². The Bertz CT molecular complexity index is 1030. The molecule has 0 aliphatic heterocycles. The molecular weight excluding hydrogens is 464 g/mol. The zero-order chi connectivity index (χ0) is 21.7. The standard InChI is InChI=1S/C22H25BrN4O2S/c1-5-16-6-8-17(9-7-16)29-12-20-25-26-22(27(20)4)30-13-21(28)24-19-11-15(3)14(2)10-18(19)23/h6-11H,5,12-13H2,1-4H3,(H,24,28). The fourth-order valence-electron chi connectivity index (χ4n) is 2.76. The Morgan fingerprint density at radius 1 is 1.17 bits per heavy atom. The smallest absolute Gasteiger partial charge is 0.234 e. The van der Waals surface area contributed by atoms with Crippen LogP contribution in [0.4, 0.5) is 5.69 Å². The summed E-state index contributed by atoms with van der Waals surface area (Å²) in [4.78, 5) is 12.4. The predicted octanol–water partition coefficient (Wildman–Crippen LogP) is 5.07. The third-order valence-electron chi connectivity index (χ3n) is 4.81. The number of halogens is 1. The number of hydrogen-bond acceptors (Lipinski definition) is 5. The number of aromatic nitrogens is 3. The average Bonchev–Trinajstić information content (AvgIpc) is 3.09. The third kappa shape index (κ3) is 5.64. The van der Waals surface area contributed by atoms with Gasteiger partial charge in [-0.25, -0.2) is 0 Å². The second kappa shape index (κ2) is 10.1.